The molecule has 1 saturated heterocycles. The number of unbranched alkanes of at least 4 members (excludes halogenated alkanes) is 1. The quantitative estimate of drug-likeness (QED) is 0.807. The minimum atomic E-state index is 0.170. The fourth-order valence-electron chi connectivity index (χ4n) is 3.12. The lowest BCUT2D eigenvalue weighted by atomic mass is 10.2. The fraction of sp³-hybridized carbons (Fsp3) is 0.706. The van der Waals surface area contributed by atoms with Gasteiger partial charge in [-0.15, -0.1) is 0 Å². The minimum absolute atomic E-state index is 0.170. The van der Waals surface area contributed by atoms with Crippen LogP contribution in [0.4, 0.5) is 0 Å². The molecule has 0 saturated carbocycles. The molecule has 0 aromatic carbocycles. The number of nitrogens with zero attached hydrogens (tertiary/aromatic N) is 4. The van der Waals surface area contributed by atoms with Gasteiger partial charge in [0.25, 0.3) is 0 Å². The van der Waals surface area contributed by atoms with Crippen molar-refractivity contribution < 1.29 is 4.52 Å². The molecule has 1 aliphatic rings. The first-order valence-electron chi connectivity index (χ1n) is 8.89. The van der Waals surface area contributed by atoms with Crippen LogP contribution in [0.5, 0.6) is 0 Å². The zero-order valence-corrected chi connectivity index (χ0v) is 15.4. The van der Waals surface area contributed by atoms with Crippen molar-refractivity contribution in [1.82, 2.24) is 25.0 Å². The molecule has 0 amide bonds. The highest BCUT2D eigenvalue weighted by molar-refractivity contribution is 6.30. The largest absolute Gasteiger partial charge is 0.344 e. The Bertz CT molecular complexity index is 666. The van der Waals surface area contributed by atoms with Crippen molar-refractivity contribution in [3.05, 3.63) is 28.4 Å². The Kier molecular flexibility index (Phi) is 5.56. The van der Waals surface area contributed by atoms with E-state index < -0.39 is 0 Å². The van der Waals surface area contributed by atoms with Gasteiger partial charge in [0.15, 0.2) is 11.0 Å². The van der Waals surface area contributed by atoms with Gasteiger partial charge in [-0.2, -0.15) is 4.98 Å². The molecule has 7 heteroatoms. The molecule has 6 nitrogen and oxygen atoms in total. The van der Waals surface area contributed by atoms with Crippen molar-refractivity contribution >= 4 is 11.6 Å². The summed E-state index contributed by atoms with van der Waals surface area (Å²) in [5.74, 6) is 2.75. The van der Waals surface area contributed by atoms with Gasteiger partial charge in [0.05, 0.1) is 11.7 Å². The van der Waals surface area contributed by atoms with Gasteiger partial charge in [0, 0.05) is 18.9 Å². The van der Waals surface area contributed by atoms with Crippen LogP contribution in [-0.4, -0.2) is 31.6 Å². The Morgan fingerprint density at radius 1 is 1.38 bits per heavy atom. The maximum atomic E-state index is 6.32. The van der Waals surface area contributed by atoms with Gasteiger partial charge in [0.1, 0.15) is 5.82 Å². The molecule has 1 N–H and O–H groups in total. The Labute approximate surface area is 148 Å². The maximum absolute atomic E-state index is 6.32. The first kappa shape index (κ1) is 17.4. The van der Waals surface area contributed by atoms with Gasteiger partial charge in [-0.05, 0) is 25.8 Å². The van der Waals surface area contributed by atoms with Crippen LogP contribution in [0.2, 0.25) is 5.15 Å². The van der Waals surface area contributed by atoms with Crippen LogP contribution in [0.3, 0.4) is 0 Å². The molecule has 0 spiro atoms. The third kappa shape index (κ3) is 3.81. The van der Waals surface area contributed by atoms with E-state index in [2.05, 4.69) is 45.8 Å². The summed E-state index contributed by atoms with van der Waals surface area (Å²) in [7, 11) is 0. The monoisotopic (exact) mass is 351 g/mol. The topological polar surface area (TPSA) is 70.8 Å². The smallest absolute Gasteiger partial charge is 0.244 e. The molecule has 0 bridgehead atoms. The maximum Gasteiger partial charge on any atom is 0.244 e. The molecular weight excluding hydrogens is 326 g/mol. The van der Waals surface area contributed by atoms with Crippen molar-refractivity contribution in [2.75, 3.05) is 6.54 Å². The van der Waals surface area contributed by atoms with E-state index in [4.69, 9.17) is 16.1 Å². The number of H-pyrrole nitrogens is 1. The van der Waals surface area contributed by atoms with Crippen LogP contribution in [0, 0.1) is 0 Å². The third-order valence-corrected chi connectivity index (χ3v) is 4.84. The van der Waals surface area contributed by atoms with Gasteiger partial charge in [-0.3, -0.25) is 4.90 Å². The summed E-state index contributed by atoms with van der Waals surface area (Å²) in [4.78, 5) is 14.8. The summed E-state index contributed by atoms with van der Waals surface area (Å²) in [6.45, 7) is 8.06. The van der Waals surface area contributed by atoms with Crippen molar-refractivity contribution in [2.45, 2.75) is 71.4 Å². The number of rotatable bonds is 7. The van der Waals surface area contributed by atoms with Gasteiger partial charge in [0.2, 0.25) is 5.89 Å². The normalized spacial score (nSPS) is 18.8. The van der Waals surface area contributed by atoms with E-state index in [0.29, 0.717) is 5.15 Å². The second kappa shape index (κ2) is 7.66. The Morgan fingerprint density at radius 2 is 2.21 bits per heavy atom. The highest BCUT2D eigenvalue weighted by Crippen LogP contribution is 2.33. The number of aromatic amines is 1. The lowest BCUT2D eigenvalue weighted by Crippen LogP contribution is -2.23. The highest BCUT2D eigenvalue weighted by Gasteiger charge is 2.31. The molecule has 2 aromatic rings. The average Bonchev–Trinajstić information content (AvgIpc) is 3.26. The summed E-state index contributed by atoms with van der Waals surface area (Å²) in [5, 5.41) is 4.68. The standard InChI is InChI=1S/C17H26ClN5O/c1-4-5-8-14-19-12(15(18)20-14)10-23-9-6-7-13(23)17-21-16(11(2)3)22-24-17/h11,13H,4-10H2,1-3H3,(H,19,20). The van der Waals surface area contributed by atoms with Gasteiger partial charge in [-0.25, -0.2) is 4.98 Å². The van der Waals surface area contributed by atoms with Crippen LogP contribution in [0.15, 0.2) is 4.52 Å². The van der Waals surface area contributed by atoms with Crippen LogP contribution >= 0.6 is 11.6 Å². The third-order valence-electron chi connectivity index (χ3n) is 4.53. The molecule has 1 atom stereocenters. The number of hydrogen-bond acceptors (Lipinski definition) is 5. The molecule has 3 rings (SSSR count). The van der Waals surface area contributed by atoms with Gasteiger partial charge in [-0.1, -0.05) is 43.9 Å². The van der Waals surface area contributed by atoms with E-state index >= 15 is 0 Å². The molecular formula is C17H26ClN5O. The van der Waals surface area contributed by atoms with E-state index in [-0.39, 0.29) is 12.0 Å². The Hall–Kier alpha value is -1.40. The fourth-order valence-corrected chi connectivity index (χ4v) is 3.33. The van der Waals surface area contributed by atoms with Crippen LogP contribution in [0.1, 0.15) is 81.6 Å². The van der Waals surface area contributed by atoms with Crippen LogP contribution < -0.4 is 0 Å². The van der Waals surface area contributed by atoms with Crippen molar-refractivity contribution in [2.24, 2.45) is 0 Å². The second-order valence-corrected chi connectivity index (χ2v) is 7.19. The Morgan fingerprint density at radius 3 is 2.92 bits per heavy atom. The van der Waals surface area contributed by atoms with E-state index in [9.17, 15) is 0 Å². The molecule has 0 aliphatic carbocycles. The molecule has 24 heavy (non-hydrogen) atoms. The molecule has 3 heterocycles. The van der Waals surface area contributed by atoms with E-state index in [1.807, 2.05) is 0 Å². The van der Waals surface area contributed by atoms with Crippen LogP contribution in [-0.2, 0) is 13.0 Å². The zero-order valence-electron chi connectivity index (χ0n) is 14.7. The molecule has 2 aromatic heterocycles. The number of halogens is 1. The molecule has 1 fully saturated rings. The number of imidazole rings is 1. The number of likely N-dealkylation sites (tertiary alicyclic amines) is 1. The predicted octanol–water partition coefficient (Wildman–Crippen LogP) is 4.25. The van der Waals surface area contributed by atoms with Crippen molar-refractivity contribution in [1.29, 1.82) is 0 Å². The first-order chi connectivity index (χ1) is 11.6. The molecule has 1 unspecified atom stereocenters. The lowest BCUT2D eigenvalue weighted by Gasteiger charge is -2.20. The van der Waals surface area contributed by atoms with Gasteiger partial charge < -0.3 is 9.51 Å². The average molecular weight is 352 g/mol. The summed E-state index contributed by atoms with van der Waals surface area (Å²) in [6.07, 6.45) is 5.38. The molecule has 0 radical (unpaired) electrons. The Balaban J connectivity index is 1.70. The second-order valence-electron chi connectivity index (χ2n) is 6.83. The van der Waals surface area contributed by atoms with E-state index in [1.54, 1.807) is 0 Å². The highest BCUT2D eigenvalue weighted by atomic mass is 35.5. The van der Waals surface area contributed by atoms with Crippen molar-refractivity contribution in [3.8, 4) is 0 Å². The lowest BCUT2D eigenvalue weighted by molar-refractivity contribution is 0.199. The number of nitrogens with one attached hydrogen (secondary N) is 1. The SMILES string of the molecule is CCCCc1nc(Cl)c(CN2CCCC2c2nc(C(C)C)no2)[nH]1. The predicted molar refractivity (Wildman–Crippen MR) is 93.0 cm³/mol. The summed E-state index contributed by atoms with van der Waals surface area (Å²) in [6, 6.07) is 0.170. The minimum Gasteiger partial charge on any atom is -0.344 e. The summed E-state index contributed by atoms with van der Waals surface area (Å²) in [5.41, 5.74) is 0.985. The molecule has 1 aliphatic heterocycles. The summed E-state index contributed by atoms with van der Waals surface area (Å²) < 4.78 is 5.50. The van der Waals surface area contributed by atoms with Crippen molar-refractivity contribution in [3.63, 3.8) is 0 Å². The number of hydrogen-bond donors (Lipinski definition) is 1. The molecule has 132 valence electrons. The number of aryl methyl sites for hydroxylation is 1. The van der Waals surface area contributed by atoms with E-state index in [1.165, 1.54) is 0 Å². The number of aromatic nitrogens is 4. The summed E-state index contributed by atoms with van der Waals surface area (Å²) >= 11 is 6.32. The zero-order chi connectivity index (χ0) is 17.1. The first-order valence-corrected chi connectivity index (χ1v) is 9.27. The van der Waals surface area contributed by atoms with Gasteiger partial charge >= 0.3 is 0 Å². The van der Waals surface area contributed by atoms with Crippen LogP contribution in [0.25, 0.3) is 0 Å². The van der Waals surface area contributed by atoms with E-state index in [0.717, 1.165) is 68.4 Å².